The van der Waals surface area contributed by atoms with Gasteiger partial charge in [-0.1, -0.05) is 26.0 Å². The highest BCUT2D eigenvalue weighted by molar-refractivity contribution is 5.29. The second kappa shape index (κ2) is 5.37. The first-order valence-corrected chi connectivity index (χ1v) is 6.65. The van der Waals surface area contributed by atoms with Gasteiger partial charge in [-0.3, -0.25) is 4.90 Å². The van der Waals surface area contributed by atoms with Crippen LogP contribution in [0.5, 0.6) is 0 Å². The molecule has 0 bridgehead atoms. The van der Waals surface area contributed by atoms with Crippen LogP contribution in [0.4, 0.5) is 4.39 Å². The van der Waals surface area contributed by atoms with Gasteiger partial charge in [0.15, 0.2) is 0 Å². The van der Waals surface area contributed by atoms with Crippen LogP contribution in [0.15, 0.2) is 18.2 Å². The lowest BCUT2D eigenvalue weighted by Gasteiger charge is -2.23. The summed E-state index contributed by atoms with van der Waals surface area (Å²) in [7, 11) is 0. The van der Waals surface area contributed by atoms with E-state index in [-0.39, 0.29) is 17.8 Å². The number of aliphatic hydroxyl groups is 1. The van der Waals surface area contributed by atoms with Crippen LogP contribution in [0.2, 0.25) is 0 Å². The van der Waals surface area contributed by atoms with Gasteiger partial charge in [-0.05, 0) is 37.6 Å². The SMILES string of the molecule is CC(C)(CO)c1ccc(CN2CCCC2)c(F)c1. The minimum atomic E-state index is -0.382. The molecule has 1 heterocycles. The van der Waals surface area contributed by atoms with Crippen LogP contribution in [-0.2, 0) is 12.0 Å². The molecule has 100 valence electrons. The number of nitrogens with zero attached hydrogens (tertiary/aromatic N) is 1. The molecule has 0 saturated carbocycles. The maximum atomic E-state index is 14.1. The summed E-state index contributed by atoms with van der Waals surface area (Å²) in [6.07, 6.45) is 2.44. The van der Waals surface area contributed by atoms with Gasteiger partial charge in [-0.2, -0.15) is 0 Å². The number of hydrogen-bond donors (Lipinski definition) is 1. The first-order valence-electron chi connectivity index (χ1n) is 6.65. The third kappa shape index (κ3) is 2.90. The fourth-order valence-electron chi connectivity index (χ4n) is 2.37. The van der Waals surface area contributed by atoms with Crippen LogP contribution >= 0.6 is 0 Å². The Morgan fingerprint density at radius 2 is 1.94 bits per heavy atom. The Labute approximate surface area is 108 Å². The van der Waals surface area contributed by atoms with E-state index < -0.39 is 0 Å². The molecule has 1 aliphatic heterocycles. The van der Waals surface area contributed by atoms with Crippen LogP contribution in [0, 0.1) is 5.82 Å². The van der Waals surface area contributed by atoms with E-state index in [1.165, 1.54) is 12.8 Å². The lowest BCUT2D eigenvalue weighted by Crippen LogP contribution is -2.23. The topological polar surface area (TPSA) is 23.5 Å². The molecule has 2 nitrogen and oxygen atoms in total. The maximum Gasteiger partial charge on any atom is 0.127 e. The van der Waals surface area contributed by atoms with E-state index in [2.05, 4.69) is 4.90 Å². The van der Waals surface area contributed by atoms with Gasteiger partial charge in [-0.25, -0.2) is 4.39 Å². The van der Waals surface area contributed by atoms with E-state index in [0.717, 1.165) is 24.2 Å². The summed E-state index contributed by atoms with van der Waals surface area (Å²) in [6, 6.07) is 5.37. The number of halogens is 1. The number of likely N-dealkylation sites (tertiary alicyclic amines) is 1. The smallest absolute Gasteiger partial charge is 0.127 e. The summed E-state index contributed by atoms with van der Waals surface area (Å²) in [6.45, 7) is 6.71. The van der Waals surface area contributed by atoms with Crippen molar-refractivity contribution < 1.29 is 9.50 Å². The molecule has 0 radical (unpaired) electrons. The molecule has 0 unspecified atom stereocenters. The second-order valence-electron chi connectivity index (χ2n) is 5.83. The van der Waals surface area contributed by atoms with Crippen molar-refractivity contribution >= 4 is 0 Å². The van der Waals surface area contributed by atoms with E-state index in [1.807, 2.05) is 26.0 Å². The number of benzene rings is 1. The van der Waals surface area contributed by atoms with Crippen LogP contribution in [0.1, 0.15) is 37.8 Å². The maximum absolute atomic E-state index is 14.1. The number of hydrogen-bond acceptors (Lipinski definition) is 2. The fourth-order valence-corrected chi connectivity index (χ4v) is 2.37. The second-order valence-corrected chi connectivity index (χ2v) is 5.83. The molecule has 3 heteroatoms. The van der Waals surface area contributed by atoms with Gasteiger partial charge in [0.25, 0.3) is 0 Å². The zero-order valence-corrected chi connectivity index (χ0v) is 11.2. The minimum Gasteiger partial charge on any atom is -0.395 e. The van der Waals surface area contributed by atoms with Crippen molar-refractivity contribution in [2.45, 2.75) is 38.6 Å². The Kier molecular flexibility index (Phi) is 4.03. The average molecular weight is 251 g/mol. The molecule has 1 fully saturated rings. The molecular weight excluding hydrogens is 229 g/mol. The van der Waals surface area contributed by atoms with E-state index in [4.69, 9.17) is 0 Å². The van der Waals surface area contributed by atoms with Gasteiger partial charge in [-0.15, -0.1) is 0 Å². The summed E-state index contributed by atoms with van der Waals surface area (Å²) in [5.74, 6) is -0.152. The van der Waals surface area contributed by atoms with Crippen molar-refractivity contribution in [3.8, 4) is 0 Å². The zero-order valence-electron chi connectivity index (χ0n) is 11.2. The van der Waals surface area contributed by atoms with E-state index in [9.17, 15) is 9.50 Å². The van der Waals surface area contributed by atoms with Gasteiger partial charge in [0.2, 0.25) is 0 Å². The standard InChI is InChI=1S/C15H22FNO/c1-15(2,11-18)13-6-5-12(14(16)9-13)10-17-7-3-4-8-17/h5-6,9,18H,3-4,7-8,10-11H2,1-2H3. The largest absolute Gasteiger partial charge is 0.395 e. The normalized spacial score (nSPS) is 17.3. The lowest BCUT2D eigenvalue weighted by molar-refractivity contribution is 0.218. The van der Waals surface area contributed by atoms with Crippen LogP contribution in [-0.4, -0.2) is 29.7 Å². The van der Waals surface area contributed by atoms with Crippen LogP contribution in [0.25, 0.3) is 0 Å². The molecule has 2 rings (SSSR count). The van der Waals surface area contributed by atoms with E-state index in [0.29, 0.717) is 6.54 Å². The zero-order chi connectivity index (χ0) is 13.2. The summed E-state index contributed by atoms with van der Waals surface area (Å²) < 4.78 is 14.1. The Bertz CT molecular complexity index is 411. The monoisotopic (exact) mass is 251 g/mol. The molecule has 0 aliphatic carbocycles. The molecule has 1 aromatic rings. The van der Waals surface area contributed by atoms with Crippen molar-refractivity contribution in [3.05, 3.63) is 35.1 Å². The molecule has 1 aliphatic rings. The van der Waals surface area contributed by atoms with Crippen LogP contribution in [0.3, 0.4) is 0 Å². The molecule has 0 atom stereocenters. The highest BCUT2D eigenvalue weighted by Gasteiger charge is 2.21. The minimum absolute atomic E-state index is 0.0257. The lowest BCUT2D eigenvalue weighted by atomic mass is 9.85. The average Bonchev–Trinajstić information content (AvgIpc) is 2.84. The molecule has 1 aromatic carbocycles. The van der Waals surface area contributed by atoms with Crippen molar-refractivity contribution in [3.63, 3.8) is 0 Å². The number of aliphatic hydroxyl groups excluding tert-OH is 1. The van der Waals surface area contributed by atoms with E-state index in [1.54, 1.807) is 6.07 Å². The third-order valence-corrected chi connectivity index (χ3v) is 3.82. The Balaban J connectivity index is 2.14. The molecule has 1 N–H and O–H groups in total. The summed E-state index contributed by atoms with van der Waals surface area (Å²) in [5, 5.41) is 9.31. The molecule has 1 saturated heterocycles. The fraction of sp³-hybridized carbons (Fsp3) is 0.600. The van der Waals surface area contributed by atoms with Crippen molar-refractivity contribution in [1.82, 2.24) is 4.90 Å². The van der Waals surface area contributed by atoms with Gasteiger partial charge < -0.3 is 5.11 Å². The third-order valence-electron chi connectivity index (χ3n) is 3.82. The predicted octanol–water partition coefficient (Wildman–Crippen LogP) is 2.69. The summed E-state index contributed by atoms with van der Waals surface area (Å²) >= 11 is 0. The van der Waals surface area contributed by atoms with Gasteiger partial charge in [0.1, 0.15) is 5.82 Å². The first kappa shape index (κ1) is 13.5. The number of rotatable bonds is 4. The molecule has 0 amide bonds. The summed E-state index contributed by atoms with van der Waals surface area (Å²) in [4.78, 5) is 2.29. The van der Waals surface area contributed by atoms with Gasteiger partial charge in [0, 0.05) is 17.5 Å². The molecular formula is C15H22FNO. The predicted molar refractivity (Wildman–Crippen MR) is 71.0 cm³/mol. The van der Waals surface area contributed by atoms with Crippen LogP contribution < -0.4 is 0 Å². The van der Waals surface area contributed by atoms with Crippen molar-refractivity contribution in [2.75, 3.05) is 19.7 Å². The Morgan fingerprint density at radius 1 is 1.28 bits per heavy atom. The van der Waals surface area contributed by atoms with Crippen molar-refractivity contribution in [2.24, 2.45) is 0 Å². The Morgan fingerprint density at radius 3 is 2.50 bits per heavy atom. The van der Waals surface area contributed by atoms with E-state index >= 15 is 0 Å². The highest BCUT2D eigenvalue weighted by Crippen LogP contribution is 2.25. The van der Waals surface area contributed by atoms with Gasteiger partial charge in [0.05, 0.1) is 6.61 Å². The molecule has 18 heavy (non-hydrogen) atoms. The Hall–Kier alpha value is -0.930. The van der Waals surface area contributed by atoms with Gasteiger partial charge >= 0.3 is 0 Å². The molecule has 0 spiro atoms. The molecule has 0 aromatic heterocycles. The first-order chi connectivity index (χ1) is 8.53. The quantitative estimate of drug-likeness (QED) is 0.889. The van der Waals surface area contributed by atoms with Crippen molar-refractivity contribution in [1.29, 1.82) is 0 Å². The highest BCUT2D eigenvalue weighted by atomic mass is 19.1. The summed E-state index contributed by atoms with van der Waals surface area (Å²) in [5.41, 5.74) is 1.23.